The van der Waals surface area contributed by atoms with E-state index in [-0.39, 0.29) is 23.7 Å². The molecule has 0 heterocycles. The highest BCUT2D eigenvalue weighted by molar-refractivity contribution is 6.06. The standard InChI is InChI=1S/C26H35NO5/c1-8-17(2)13-18(3)9-12-24(29)32-22-11-10-21-14-23(28)26(31-7,19(4)15-27-30)16-25(21,6)20(22)5/h9-15,17,20,22,30H,4,8,16H2,1-3,5-7H3/b12-9-,18-13+,27-15+/t17-,20-,22-,25+,26+/m0/s1. The van der Waals surface area contributed by atoms with Gasteiger partial charge in [0.25, 0.3) is 0 Å². The number of fused-ring (bicyclic) bond motifs is 1. The van der Waals surface area contributed by atoms with Crippen molar-refractivity contribution in [1.29, 1.82) is 0 Å². The number of allylic oxidation sites excluding steroid dienone is 5. The summed E-state index contributed by atoms with van der Waals surface area (Å²) in [5, 5.41) is 12.0. The number of methoxy groups -OCH3 is 1. The summed E-state index contributed by atoms with van der Waals surface area (Å²) in [6.45, 7) is 14.1. The van der Waals surface area contributed by atoms with E-state index in [0.29, 0.717) is 5.92 Å². The molecule has 2 aliphatic rings. The smallest absolute Gasteiger partial charge is 0.331 e. The SMILES string of the molecule is C=C(/C=N/O)[C@]1(OC)C[C@@]2(C)C(=CC1=O)C=C[C@H](OC(=O)/C=C\C(C)=C\[C@@H](C)CC)[C@@H]2C. The van der Waals surface area contributed by atoms with Gasteiger partial charge in [-0.25, -0.2) is 4.79 Å². The number of carbonyl (C=O) groups excluding carboxylic acids is 2. The zero-order valence-electron chi connectivity index (χ0n) is 19.9. The van der Waals surface area contributed by atoms with Gasteiger partial charge in [-0.05, 0) is 37.0 Å². The first kappa shape index (κ1) is 25.5. The Bertz CT molecular complexity index is 909. The van der Waals surface area contributed by atoms with Gasteiger partial charge in [-0.2, -0.15) is 0 Å². The second kappa shape index (κ2) is 10.3. The Labute approximate surface area is 191 Å². The Hall–Kier alpha value is -2.73. The van der Waals surface area contributed by atoms with Gasteiger partial charge in [-0.1, -0.05) is 69.7 Å². The van der Waals surface area contributed by atoms with E-state index >= 15 is 0 Å². The minimum atomic E-state index is -1.34. The van der Waals surface area contributed by atoms with E-state index in [1.807, 2.05) is 32.9 Å². The van der Waals surface area contributed by atoms with Crippen molar-refractivity contribution in [3.63, 3.8) is 0 Å². The second-order valence-electron chi connectivity index (χ2n) is 9.04. The van der Waals surface area contributed by atoms with Crippen molar-refractivity contribution in [2.24, 2.45) is 22.4 Å². The summed E-state index contributed by atoms with van der Waals surface area (Å²) < 4.78 is 11.4. The maximum Gasteiger partial charge on any atom is 0.331 e. The lowest BCUT2D eigenvalue weighted by molar-refractivity contribution is -0.148. The lowest BCUT2D eigenvalue weighted by Crippen LogP contribution is -2.54. The molecule has 174 valence electrons. The van der Waals surface area contributed by atoms with Gasteiger partial charge in [0.05, 0.1) is 6.21 Å². The molecule has 0 bridgehead atoms. The molecule has 5 atom stereocenters. The van der Waals surface area contributed by atoms with Gasteiger partial charge in [0, 0.05) is 30.1 Å². The Morgan fingerprint density at radius 1 is 1.44 bits per heavy atom. The number of esters is 1. The molecule has 1 N–H and O–H groups in total. The Balaban J connectivity index is 2.26. The molecule has 2 rings (SSSR count). The van der Waals surface area contributed by atoms with Crippen LogP contribution in [-0.2, 0) is 19.1 Å². The number of ketones is 1. The minimum absolute atomic E-state index is 0.130. The van der Waals surface area contributed by atoms with Crippen LogP contribution in [0.1, 0.15) is 47.5 Å². The number of rotatable bonds is 8. The van der Waals surface area contributed by atoms with Gasteiger partial charge in [0.15, 0.2) is 11.4 Å². The van der Waals surface area contributed by atoms with Crippen LogP contribution in [0.3, 0.4) is 0 Å². The normalized spacial score (nSPS) is 31.5. The molecule has 6 heteroatoms. The fraction of sp³-hybridized carbons (Fsp3) is 0.500. The monoisotopic (exact) mass is 441 g/mol. The number of carbonyl (C=O) groups is 2. The van der Waals surface area contributed by atoms with Crippen LogP contribution in [0.15, 0.2) is 64.9 Å². The van der Waals surface area contributed by atoms with Crippen molar-refractivity contribution in [3.05, 3.63) is 59.8 Å². The first-order valence-corrected chi connectivity index (χ1v) is 11.0. The fourth-order valence-electron chi connectivity index (χ4n) is 4.41. The average Bonchev–Trinajstić information content (AvgIpc) is 2.75. The molecular formula is C26H35NO5. The number of nitrogens with zero attached hydrogens (tertiary/aromatic N) is 1. The van der Waals surface area contributed by atoms with E-state index in [9.17, 15) is 9.59 Å². The molecule has 0 amide bonds. The molecule has 0 aromatic heterocycles. The van der Waals surface area contributed by atoms with Crippen LogP contribution in [0.2, 0.25) is 0 Å². The summed E-state index contributed by atoms with van der Waals surface area (Å²) in [5.74, 6) is -0.352. The zero-order chi connectivity index (χ0) is 24.1. The van der Waals surface area contributed by atoms with Crippen molar-refractivity contribution < 1.29 is 24.3 Å². The third kappa shape index (κ3) is 5.01. The third-order valence-corrected chi connectivity index (χ3v) is 6.93. The topological polar surface area (TPSA) is 85.2 Å². The predicted molar refractivity (Wildman–Crippen MR) is 126 cm³/mol. The molecule has 32 heavy (non-hydrogen) atoms. The molecule has 0 aromatic rings. The Morgan fingerprint density at radius 2 is 2.12 bits per heavy atom. The number of oxime groups is 1. The summed E-state index contributed by atoms with van der Waals surface area (Å²) in [6.07, 6.45) is 12.6. The number of ether oxygens (including phenoxy) is 2. The van der Waals surface area contributed by atoms with Crippen LogP contribution in [0, 0.1) is 17.3 Å². The zero-order valence-corrected chi connectivity index (χ0v) is 19.9. The lowest BCUT2D eigenvalue weighted by atomic mass is 9.57. The van der Waals surface area contributed by atoms with Crippen molar-refractivity contribution in [2.45, 2.75) is 59.2 Å². The molecule has 0 radical (unpaired) electrons. The Kier molecular flexibility index (Phi) is 8.18. The summed E-state index contributed by atoms with van der Waals surface area (Å²) in [4.78, 5) is 25.4. The lowest BCUT2D eigenvalue weighted by Gasteiger charge is -2.50. The predicted octanol–water partition coefficient (Wildman–Crippen LogP) is 4.96. The molecule has 0 saturated carbocycles. The maximum atomic E-state index is 12.9. The van der Waals surface area contributed by atoms with Crippen molar-refractivity contribution in [1.82, 2.24) is 0 Å². The van der Waals surface area contributed by atoms with Crippen LogP contribution in [0.25, 0.3) is 0 Å². The molecule has 0 spiro atoms. The van der Waals surface area contributed by atoms with Crippen LogP contribution >= 0.6 is 0 Å². The summed E-state index contributed by atoms with van der Waals surface area (Å²) in [7, 11) is 1.44. The number of hydrogen-bond acceptors (Lipinski definition) is 6. The van der Waals surface area contributed by atoms with E-state index in [2.05, 4.69) is 31.7 Å². The fourth-order valence-corrected chi connectivity index (χ4v) is 4.41. The maximum absolute atomic E-state index is 12.9. The van der Waals surface area contributed by atoms with Gasteiger partial charge in [0.2, 0.25) is 0 Å². The molecule has 0 aromatic carbocycles. The number of hydrogen-bond donors (Lipinski definition) is 1. The third-order valence-electron chi connectivity index (χ3n) is 6.93. The first-order chi connectivity index (χ1) is 15.0. The highest BCUT2D eigenvalue weighted by Gasteiger charge is 2.54. The van der Waals surface area contributed by atoms with Gasteiger partial charge >= 0.3 is 5.97 Å². The minimum Gasteiger partial charge on any atom is -0.455 e. The largest absolute Gasteiger partial charge is 0.455 e. The second-order valence-corrected chi connectivity index (χ2v) is 9.04. The van der Waals surface area contributed by atoms with E-state index < -0.39 is 23.1 Å². The van der Waals surface area contributed by atoms with Crippen LogP contribution < -0.4 is 0 Å². The molecule has 2 aliphatic carbocycles. The summed E-state index contributed by atoms with van der Waals surface area (Å²) >= 11 is 0. The average molecular weight is 442 g/mol. The molecule has 6 nitrogen and oxygen atoms in total. The van der Waals surface area contributed by atoms with Crippen molar-refractivity contribution in [2.75, 3.05) is 7.11 Å². The van der Waals surface area contributed by atoms with Crippen molar-refractivity contribution >= 4 is 18.0 Å². The molecule has 0 unspecified atom stereocenters. The van der Waals surface area contributed by atoms with Gasteiger partial charge in [-0.3, -0.25) is 4.79 Å². The summed E-state index contributed by atoms with van der Waals surface area (Å²) in [5.41, 5.74) is 0.278. The highest BCUT2D eigenvalue weighted by atomic mass is 16.5. The van der Waals surface area contributed by atoms with Gasteiger partial charge < -0.3 is 14.7 Å². The quantitative estimate of drug-likeness (QED) is 0.144. The van der Waals surface area contributed by atoms with E-state index in [1.165, 1.54) is 13.2 Å². The van der Waals surface area contributed by atoms with Crippen LogP contribution in [0.5, 0.6) is 0 Å². The molecular weight excluding hydrogens is 406 g/mol. The first-order valence-electron chi connectivity index (χ1n) is 11.0. The van der Waals surface area contributed by atoms with Crippen LogP contribution in [-0.4, -0.2) is 42.0 Å². The highest BCUT2D eigenvalue weighted by Crippen LogP contribution is 2.52. The molecule has 0 fully saturated rings. The Morgan fingerprint density at radius 3 is 2.72 bits per heavy atom. The van der Waals surface area contributed by atoms with Crippen molar-refractivity contribution in [3.8, 4) is 0 Å². The summed E-state index contributed by atoms with van der Waals surface area (Å²) in [6, 6.07) is 0. The van der Waals surface area contributed by atoms with Gasteiger partial charge in [0.1, 0.15) is 6.10 Å². The molecule has 0 aliphatic heterocycles. The molecule has 0 saturated heterocycles. The van der Waals surface area contributed by atoms with E-state index in [4.69, 9.17) is 14.7 Å². The van der Waals surface area contributed by atoms with E-state index in [0.717, 1.165) is 23.8 Å². The van der Waals surface area contributed by atoms with Gasteiger partial charge in [-0.15, -0.1) is 0 Å². The van der Waals surface area contributed by atoms with E-state index in [1.54, 1.807) is 12.2 Å². The van der Waals surface area contributed by atoms with Crippen LogP contribution in [0.4, 0.5) is 0 Å².